The molecule has 0 aliphatic heterocycles. The second kappa shape index (κ2) is 6.99. The zero-order valence-electron chi connectivity index (χ0n) is 9.20. The van der Waals surface area contributed by atoms with Crippen molar-refractivity contribution in [2.45, 2.75) is 19.4 Å². The molecule has 0 bridgehead atoms. The fraction of sp³-hybridized carbons (Fsp3) is 0.500. The van der Waals surface area contributed by atoms with Gasteiger partial charge in [-0.1, -0.05) is 35.0 Å². The second-order valence-corrected chi connectivity index (χ2v) is 4.28. The van der Waals surface area contributed by atoms with E-state index in [9.17, 15) is 0 Å². The lowest BCUT2D eigenvalue weighted by molar-refractivity contribution is -0.00302. The molecule has 3 heteroatoms. The highest BCUT2D eigenvalue weighted by atomic mass is 79.9. The fourth-order valence-electron chi connectivity index (χ4n) is 1.33. The van der Waals surface area contributed by atoms with E-state index in [1.165, 1.54) is 0 Å². The van der Waals surface area contributed by atoms with Gasteiger partial charge in [0.15, 0.2) is 0 Å². The van der Waals surface area contributed by atoms with E-state index in [2.05, 4.69) is 35.0 Å². The van der Waals surface area contributed by atoms with Gasteiger partial charge < -0.3 is 9.47 Å². The van der Waals surface area contributed by atoms with Crippen molar-refractivity contribution >= 4 is 15.9 Å². The Labute approximate surface area is 99.7 Å². The van der Waals surface area contributed by atoms with E-state index in [0.717, 1.165) is 23.1 Å². The second-order valence-electron chi connectivity index (χ2n) is 3.37. The van der Waals surface area contributed by atoms with Crippen LogP contribution in [0.15, 0.2) is 28.7 Å². The van der Waals surface area contributed by atoms with Crippen LogP contribution in [0, 0.1) is 0 Å². The summed E-state index contributed by atoms with van der Waals surface area (Å²) in [4.78, 5) is 0. The molecule has 0 radical (unpaired) electrons. The van der Waals surface area contributed by atoms with Gasteiger partial charge in [0.2, 0.25) is 0 Å². The van der Waals surface area contributed by atoms with Crippen LogP contribution in [0.4, 0.5) is 0 Å². The molecule has 1 atom stereocenters. The van der Waals surface area contributed by atoms with E-state index in [1.54, 1.807) is 7.11 Å². The van der Waals surface area contributed by atoms with E-state index in [1.807, 2.05) is 12.1 Å². The summed E-state index contributed by atoms with van der Waals surface area (Å²) in [7, 11) is 1.70. The molecule has 2 nitrogen and oxygen atoms in total. The lowest BCUT2D eigenvalue weighted by atomic mass is 10.1. The predicted octanol–water partition coefficient (Wildman–Crippen LogP) is 3.56. The van der Waals surface area contributed by atoms with Gasteiger partial charge >= 0.3 is 0 Å². The van der Waals surface area contributed by atoms with Gasteiger partial charge in [0, 0.05) is 18.2 Å². The van der Waals surface area contributed by atoms with Gasteiger partial charge in [-0.2, -0.15) is 0 Å². The number of hydrogen-bond acceptors (Lipinski definition) is 2. The summed E-state index contributed by atoms with van der Waals surface area (Å²) in [5.41, 5.74) is 1.16. The average Bonchev–Trinajstić information content (AvgIpc) is 2.25. The molecular formula is C12H17BrO2. The quantitative estimate of drug-likeness (QED) is 0.789. The van der Waals surface area contributed by atoms with E-state index in [0.29, 0.717) is 6.61 Å². The zero-order chi connectivity index (χ0) is 11.1. The summed E-state index contributed by atoms with van der Waals surface area (Å²) < 4.78 is 11.9. The van der Waals surface area contributed by atoms with Crippen LogP contribution in [0.1, 0.15) is 25.0 Å². The smallest absolute Gasteiger partial charge is 0.106 e. The number of benzene rings is 1. The number of ether oxygens (including phenoxy) is 2. The van der Waals surface area contributed by atoms with Crippen LogP contribution in [-0.2, 0) is 9.47 Å². The van der Waals surface area contributed by atoms with Gasteiger partial charge in [0.25, 0.3) is 0 Å². The van der Waals surface area contributed by atoms with Crippen molar-refractivity contribution in [2.24, 2.45) is 0 Å². The Hall–Kier alpha value is -0.380. The Morgan fingerprint density at radius 1 is 1.27 bits per heavy atom. The van der Waals surface area contributed by atoms with Gasteiger partial charge in [0.05, 0.1) is 6.61 Å². The number of rotatable bonds is 6. The first-order valence-corrected chi connectivity index (χ1v) is 5.93. The molecule has 0 spiro atoms. The molecule has 0 heterocycles. The molecule has 0 aliphatic rings. The van der Waals surface area contributed by atoms with Crippen molar-refractivity contribution in [1.82, 2.24) is 0 Å². The van der Waals surface area contributed by atoms with Crippen LogP contribution in [-0.4, -0.2) is 20.3 Å². The minimum absolute atomic E-state index is 0.0445. The number of methoxy groups -OCH3 is 1. The molecule has 0 aliphatic carbocycles. The van der Waals surface area contributed by atoms with Gasteiger partial charge in [-0.25, -0.2) is 0 Å². The maximum absolute atomic E-state index is 5.72. The third-order valence-corrected chi connectivity index (χ3v) is 2.61. The third kappa shape index (κ3) is 4.33. The van der Waals surface area contributed by atoms with Crippen molar-refractivity contribution in [3.8, 4) is 0 Å². The first-order chi connectivity index (χ1) is 7.27. The Bertz CT molecular complexity index is 271. The first kappa shape index (κ1) is 12.7. The van der Waals surface area contributed by atoms with Crippen LogP contribution < -0.4 is 0 Å². The van der Waals surface area contributed by atoms with Crippen molar-refractivity contribution < 1.29 is 9.47 Å². The fourth-order valence-corrected chi connectivity index (χ4v) is 1.59. The molecular weight excluding hydrogens is 256 g/mol. The summed E-state index contributed by atoms with van der Waals surface area (Å²) in [6.45, 7) is 3.47. The monoisotopic (exact) mass is 272 g/mol. The minimum Gasteiger partial charge on any atom is -0.382 e. The largest absolute Gasteiger partial charge is 0.382 e. The molecule has 0 fully saturated rings. The van der Waals surface area contributed by atoms with Gasteiger partial charge in [-0.3, -0.25) is 0 Å². The first-order valence-electron chi connectivity index (χ1n) is 5.14. The molecule has 0 aromatic heterocycles. The lowest BCUT2D eigenvalue weighted by Gasteiger charge is -2.17. The molecule has 0 N–H and O–H groups in total. The maximum atomic E-state index is 5.72. The van der Waals surface area contributed by atoms with Crippen molar-refractivity contribution in [1.29, 1.82) is 0 Å². The minimum atomic E-state index is 0.0445. The van der Waals surface area contributed by atoms with Gasteiger partial charge in [-0.05, 0) is 24.1 Å². The van der Waals surface area contributed by atoms with Crippen molar-refractivity contribution in [3.63, 3.8) is 0 Å². The highest BCUT2D eigenvalue weighted by molar-refractivity contribution is 9.10. The van der Waals surface area contributed by atoms with Crippen LogP contribution in [0.3, 0.4) is 0 Å². The normalized spacial score (nSPS) is 12.7. The SMILES string of the molecule is CCCO[C@H](COC)c1ccc(Br)cc1. The topological polar surface area (TPSA) is 18.5 Å². The number of hydrogen-bond donors (Lipinski definition) is 0. The summed E-state index contributed by atoms with van der Waals surface area (Å²) in [6.07, 6.45) is 1.07. The average molecular weight is 273 g/mol. The summed E-state index contributed by atoms with van der Waals surface area (Å²) >= 11 is 3.41. The Kier molecular flexibility index (Phi) is 5.91. The van der Waals surface area contributed by atoms with E-state index in [-0.39, 0.29) is 6.10 Å². The summed E-state index contributed by atoms with van der Waals surface area (Å²) in [5.74, 6) is 0. The molecule has 84 valence electrons. The summed E-state index contributed by atoms with van der Waals surface area (Å²) in [6, 6.07) is 8.16. The van der Waals surface area contributed by atoms with E-state index in [4.69, 9.17) is 9.47 Å². The Morgan fingerprint density at radius 3 is 2.47 bits per heavy atom. The molecule has 0 amide bonds. The van der Waals surface area contributed by atoms with E-state index >= 15 is 0 Å². The van der Waals surface area contributed by atoms with Gasteiger partial charge in [-0.15, -0.1) is 0 Å². The lowest BCUT2D eigenvalue weighted by Crippen LogP contribution is -2.11. The Morgan fingerprint density at radius 2 is 1.93 bits per heavy atom. The molecule has 1 rings (SSSR count). The van der Waals surface area contributed by atoms with E-state index < -0.39 is 0 Å². The molecule has 0 saturated heterocycles. The van der Waals surface area contributed by atoms with Crippen molar-refractivity contribution in [2.75, 3.05) is 20.3 Å². The molecule has 0 saturated carbocycles. The highest BCUT2D eigenvalue weighted by Crippen LogP contribution is 2.20. The highest BCUT2D eigenvalue weighted by Gasteiger charge is 2.10. The third-order valence-electron chi connectivity index (χ3n) is 2.08. The number of halogens is 1. The molecule has 1 aromatic rings. The summed E-state index contributed by atoms with van der Waals surface area (Å²) in [5, 5.41) is 0. The van der Waals surface area contributed by atoms with Crippen molar-refractivity contribution in [3.05, 3.63) is 34.3 Å². The molecule has 15 heavy (non-hydrogen) atoms. The maximum Gasteiger partial charge on any atom is 0.106 e. The van der Waals surface area contributed by atoms with Crippen LogP contribution in [0.2, 0.25) is 0 Å². The Balaban J connectivity index is 2.65. The van der Waals surface area contributed by atoms with Crippen LogP contribution >= 0.6 is 15.9 Å². The van der Waals surface area contributed by atoms with Gasteiger partial charge in [0.1, 0.15) is 6.10 Å². The standard InChI is InChI=1S/C12H17BrO2/c1-3-8-15-12(9-14-2)10-4-6-11(13)7-5-10/h4-7,12H,3,8-9H2,1-2H3/t12-/m1/s1. The molecule has 1 aromatic carbocycles. The van der Waals surface area contributed by atoms with Crippen LogP contribution in [0.25, 0.3) is 0 Å². The zero-order valence-corrected chi connectivity index (χ0v) is 10.8. The molecule has 0 unspecified atom stereocenters. The predicted molar refractivity (Wildman–Crippen MR) is 65.0 cm³/mol. The van der Waals surface area contributed by atoms with Crippen LogP contribution in [0.5, 0.6) is 0 Å².